The molecule has 10 nitrogen and oxygen atoms in total. The fourth-order valence-electron chi connectivity index (χ4n) is 4.31. The molecular formula is C27H38N4O6. The number of furan rings is 1. The van der Waals surface area contributed by atoms with E-state index in [1.807, 2.05) is 45.0 Å². The number of fused-ring (bicyclic) bond motifs is 1. The van der Waals surface area contributed by atoms with Crippen LogP contribution in [0.15, 0.2) is 41.0 Å². The summed E-state index contributed by atoms with van der Waals surface area (Å²) in [5.74, 6) is 1.87. The molecule has 0 saturated carbocycles. The third kappa shape index (κ3) is 8.13. The first-order valence-electron chi connectivity index (χ1n) is 12.8. The second kappa shape index (κ2) is 12.3. The Kier molecular flexibility index (Phi) is 8.94. The number of carbonyl (C=O) groups excluding carboxylic acids is 2. The van der Waals surface area contributed by atoms with E-state index in [1.54, 1.807) is 22.1 Å². The van der Waals surface area contributed by atoms with Gasteiger partial charge in [-0.2, -0.15) is 0 Å². The van der Waals surface area contributed by atoms with Crippen LogP contribution in [0, 0.1) is 0 Å². The van der Waals surface area contributed by atoms with Crippen molar-refractivity contribution in [1.29, 1.82) is 0 Å². The zero-order chi connectivity index (χ0) is 26.3. The fourth-order valence-corrected chi connectivity index (χ4v) is 4.31. The van der Waals surface area contributed by atoms with Crippen molar-refractivity contribution < 1.29 is 28.2 Å². The summed E-state index contributed by atoms with van der Waals surface area (Å²) in [5, 5.41) is 3.01. The highest BCUT2D eigenvalue weighted by Gasteiger charge is 2.26. The smallest absolute Gasteiger partial charge is 0.318 e. The lowest BCUT2D eigenvalue weighted by molar-refractivity contribution is -0.133. The van der Waals surface area contributed by atoms with Gasteiger partial charge in [-0.25, -0.2) is 4.79 Å². The molecule has 2 aliphatic heterocycles. The van der Waals surface area contributed by atoms with Crippen molar-refractivity contribution in [3.63, 3.8) is 0 Å². The molecule has 202 valence electrons. The zero-order valence-corrected chi connectivity index (χ0v) is 22.0. The molecular weight excluding hydrogens is 476 g/mol. The van der Waals surface area contributed by atoms with Crippen LogP contribution in [0.2, 0.25) is 0 Å². The van der Waals surface area contributed by atoms with Crippen molar-refractivity contribution in [2.24, 2.45) is 0 Å². The molecule has 0 bridgehead atoms. The summed E-state index contributed by atoms with van der Waals surface area (Å²) >= 11 is 0. The molecule has 37 heavy (non-hydrogen) atoms. The second-order valence-electron chi connectivity index (χ2n) is 10.4. The topological polar surface area (TPSA) is 96.7 Å². The van der Waals surface area contributed by atoms with Gasteiger partial charge in [-0.3, -0.25) is 9.69 Å². The summed E-state index contributed by atoms with van der Waals surface area (Å²) in [6.07, 6.45) is 2.36. The highest BCUT2D eigenvalue weighted by Crippen LogP contribution is 2.33. The van der Waals surface area contributed by atoms with Crippen molar-refractivity contribution in [3.8, 4) is 11.5 Å². The van der Waals surface area contributed by atoms with E-state index in [0.29, 0.717) is 36.9 Å². The van der Waals surface area contributed by atoms with Gasteiger partial charge in [0.05, 0.1) is 26.0 Å². The maximum atomic E-state index is 13.6. The van der Waals surface area contributed by atoms with E-state index in [1.165, 1.54) is 0 Å². The quantitative estimate of drug-likeness (QED) is 0.521. The average molecular weight is 515 g/mol. The van der Waals surface area contributed by atoms with Crippen molar-refractivity contribution in [2.75, 3.05) is 52.7 Å². The Labute approximate surface area is 218 Å². The van der Waals surface area contributed by atoms with Crippen LogP contribution < -0.4 is 14.8 Å². The third-order valence-corrected chi connectivity index (χ3v) is 6.19. The van der Waals surface area contributed by atoms with E-state index in [9.17, 15) is 9.59 Å². The standard InChI is InChI=1S/C27H38N4O6/c1-27(2,3)28-26(33)30(10-5-9-29-11-14-34-15-12-29)19-25(32)31(18-22-6-4-13-35-22)17-21-7-8-23-24(16-21)37-20-36-23/h4,6-8,13,16H,5,9-12,14-15,17-20H2,1-3H3,(H,28,33). The number of nitrogens with zero attached hydrogens (tertiary/aromatic N) is 3. The molecule has 0 spiro atoms. The Morgan fingerprint density at radius 2 is 1.81 bits per heavy atom. The van der Waals surface area contributed by atoms with Crippen LogP contribution >= 0.6 is 0 Å². The monoisotopic (exact) mass is 514 g/mol. The first-order valence-corrected chi connectivity index (χ1v) is 12.8. The summed E-state index contributed by atoms with van der Waals surface area (Å²) in [4.78, 5) is 32.4. The van der Waals surface area contributed by atoms with Gasteiger partial charge in [-0.1, -0.05) is 6.07 Å². The molecule has 0 aliphatic carbocycles. The van der Waals surface area contributed by atoms with Crippen LogP contribution in [-0.4, -0.2) is 84.9 Å². The van der Waals surface area contributed by atoms with Gasteiger partial charge in [0.15, 0.2) is 11.5 Å². The summed E-state index contributed by atoms with van der Waals surface area (Å²) in [6.45, 7) is 11.2. The predicted molar refractivity (Wildman–Crippen MR) is 137 cm³/mol. The Bertz CT molecular complexity index is 1030. The Morgan fingerprint density at radius 3 is 2.54 bits per heavy atom. The largest absolute Gasteiger partial charge is 0.467 e. The summed E-state index contributed by atoms with van der Waals surface area (Å²) in [5.41, 5.74) is 0.491. The van der Waals surface area contributed by atoms with Crippen LogP contribution in [0.4, 0.5) is 4.79 Å². The van der Waals surface area contributed by atoms with Crippen molar-refractivity contribution in [2.45, 2.75) is 45.8 Å². The van der Waals surface area contributed by atoms with E-state index >= 15 is 0 Å². The molecule has 1 aromatic carbocycles. The van der Waals surface area contributed by atoms with Crippen LogP contribution in [0.1, 0.15) is 38.5 Å². The molecule has 3 amide bonds. The second-order valence-corrected chi connectivity index (χ2v) is 10.4. The SMILES string of the molecule is CC(C)(C)NC(=O)N(CCCN1CCOCC1)CC(=O)N(Cc1ccc2c(c1)OCO2)Cc1ccco1. The molecule has 0 atom stereocenters. The number of nitrogens with one attached hydrogen (secondary N) is 1. The van der Waals surface area contributed by atoms with Gasteiger partial charge in [0, 0.05) is 38.3 Å². The van der Waals surface area contributed by atoms with E-state index in [-0.39, 0.29) is 25.3 Å². The molecule has 2 aliphatic rings. The molecule has 2 aromatic rings. The molecule has 0 unspecified atom stereocenters. The Hall–Kier alpha value is -3.24. The minimum Gasteiger partial charge on any atom is -0.467 e. The van der Waals surface area contributed by atoms with Crippen LogP contribution in [0.5, 0.6) is 11.5 Å². The van der Waals surface area contributed by atoms with Gasteiger partial charge in [0.1, 0.15) is 12.3 Å². The lowest BCUT2D eigenvalue weighted by Gasteiger charge is -2.31. The minimum absolute atomic E-state index is 0.0315. The molecule has 1 aromatic heterocycles. The normalized spacial score (nSPS) is 15.4. The third-order valence-electron chi connectivity index (χ3n) is 6.19. The van der Waals surface area contributed by atoms with Gasteiger partial charge in [-0.15, -0.1) is 0 Å². The average Bonchev–Trinajstić information content (AvgIpc) is 3.54. The van der Waals surface area contributed by atoms with Gasteiger partial charge in [0.2, 0.25) is 12.7 Å². The Balaban J connectivity index is 1.45. The summed E-state index contributed by atoms with van der Waals surface area (Å²) in [7, 11) is 0. The minimum atomic E-state index is -0.414. The molecule has 1 saturated heterocycles. The Morgan fingerprint density at radius 1 is 1.03 bits per heavy atom. The fraction of sp³-hybridized carbons (Fsp3) is 0.556. The van der Waals surface area contributed by atoms with Crippen molar-refractivity contribution >= 4 is 11.9 Å². The molecule has 0 radical (unpaired) electrons. The molecule has 1 N–H and O–H groups in total. The molecule has 10 heteroatoms. The number of hydrogen-bond acceptors (Lipinski definition) is 7. The van der Waals surface area contributed by atoms with Gasteiger partial charge in [-0.05, 0) is 57.0 Å². The van der Waals surface area contributed by atoms with Crippen LogP contribution in [-0.2, 0) is 22.6 Å². The summed E-state index contributed by atoms with van der Waals surface area (Å²) in [6, 6.07) is 9.05. The van der Waals surface area contributed by atoms with E-state index in [0.717, 1.165) is 44.8 Å². The number of amides is 3. The maximum Gasteiger partial charge on any atom is 0.318 e. The lowest BCUT2D eigenvalue weighted by atomic mass is 10.1. The first-order chi connectivity index (χ1) is 17.8. The summed E-state index contributed by atoms with van der Waals surface area (Å²) < 4.78 is 21.9. The van der Waals surface area contributed by atoms with Gasteiger partial charge >= 0.3 is 6.03 Å². The predicted octanol–water partition coefficient (Wildman–Crippen LogP) is 3.07. The zero-order valence-electron chi connectivity index (χ0n) is 22.0. The van der Waals surface area contributed by atoms with E-state index in [4.69, 9.17) is 18.6 Å². The lowest BCUT2D eigenvalue weighted by Crippen LogP contribution is -2.52. The number of rotatable bonds is 10. The number of hydrogen-bond donors (Lipinski definition) is 1. The van der Waals surface area contributed by atoms with E-state index in [2.05, 4.69) is 10.2 Å². The molecule has 4 rings (SSSR count). The van der Waals surface area contributed by atoms with Crippen LogP contribution in [0.25, 0.3) is 0 Å². The highest BCUT2D eigenvalue weighted by molar-refractivity contribution is 5.84. The maximum absolute atomic E-state index is 13.6. The molecule has 3 heterocycles. The van der Waals surface area contributed by atoms with Crippen molar-refractivity contribution in [3.05, 3.63) is 47.9 Å². The first kappa shape index (κ1) is 26.8. The van der Waals surface area contributed by atoms with Gasteiger partial charge in [0.25, 0.3) is 0 Å². The highest BCUT2D eigenvalue weighted by atomic mass is 16.7. The number of benzene rings is 1. The number of ether oxygens (including phenoxy) is 3. The molecule has 1 fully saturated rings. The number of carbonyl (C=O) groups is 2. The van der Waals surface area contributed by atoms with Gasteiger partial charge < -0.3 is 33.7 Å². The number of urea groups is 1. The van der Waals surface area contributed by atoms with Crippen molar-refractivity contribution in [1.82, 2.24) is 20.0 Å². The number of morpholine rings is 1. The van der Waals surface area contributed by atoms with E-state index < -0.39 is 5.54 Å². The van der Waals surface area contributed by atoms with Crippen LogP contribution in [0.3, 0.4) is 0 Å².